The van der Waals surface area contributed by atoms with E-state index in [2.05, 4.69) is 31.0 Å². The molecule has 0 bridgehead atoms. The van der Waals surface area contributed by atoms with Crippen molar-refractivity contribution in [2.45, 2.75) is 40.7 Å². The summed E-state index contributed by atoms with van der Waals surface area (Å²) in [4.78, 5) is 14.4. The lowest BCUT2D eigenvalue weighted by Gasteiger charge is -2.27. The van der Waals surface area contributed by atoms with Crippen molar-refractivity contribution in [2.24, 2.45) is 0 Å². The molecule has 0 aliphatic heterocycles. The first-order valence-corrected chi connectivity index (χ1v) is 8.78. The Morgan fingerprint density at radius 2 is 1.80 bits per heavy atom. The average Bonchev–Trinajstić information content (AvgIpc) is 2.58. The number of ether oxygens (including phenoxy) is 1. The van der Waals surface area contributed by atoms with Crippen molar-refractivity contribution < 1.29 is 9.53 Å². The number of hydrogen-bond donors (Lipinski definition) is 1. The second kappa shape index (κ2) is 8.56. The topological polar surface area (TPSA) is 41.6 Å². The first-order chi connectivity index (χ1) is 11.9. The summed E-state index contributed by atoms with van der Waals surface area (Å²) in [6.45, 7) is 11.5. The number of hydrogen-bond acceptors (Lipinski definition) is 3. The zero-order valence-electron chi connectivity index (χ0n) is 15.8. The molecule has 0 aliphatic rings. The van der Waals surface area contributed by atoms with E-state index in [4.69, 9.17) is 4.74 Å². The van der Waals surface area contributed by atoms with Crippen LogP contribution in [-0.4, -0.2) is 25.1 Å². The van der Waals surface area contributed by atoms with E-state index in [0.29, 0.717) is 6.04 Å². The molecule has 25 heavy (non-hydrogen) atoms. The molecular formula is C21H28N2O2. The standard InChI is InChI=1S/C21H28N2O2/c1-6-23(15(2)3)19-12-10-18(11-13-19)22-21(24)14-25-20-9-7-8-16(4)17(20)5/h7-13,15H,6,14H2,1-5H3,(H,22,24). The summed E-state index contributed by atoms with van der Waals surface area (Å²) in [6.07, 6.45) is 0. The molecule has 0 unspecified atom stereocenters. The highest BCUT2D eigenvalue weighted by Crippen LogP contribution is 2.21. The van der Waals surface area contributed by atoms with Crippen LogP contribution in [0.5, 0.6) is 5.75 Å². The first kappa shape index (κ1) is 18.8. The fourth-order valence-electron chi connectivity index (χ4n) is 2.80. The molecule has 134 valence electrons. The Morgan fingerprint density at radius 1 is 1.12 bits per heavy atom. The number of nitrogens with zero attached hydrogens (tertiary/aromatic N) is 1. The van der Waals surface area contributed by atoms with E-state index >= 15 is 0 Å². The van der Waals surface area contributed by atoms with Gasteiger partial charge in [0, 0.05) is 24.0 Å². The third-order valence-corrected chi connectivity index (χ3v) is 4.36. The number of aryl methyl sites for hydroxylation is 1. The van der Waals surface area contributed by atoms with Gasteiger partial charge in [-0.2, -0.15) is 0 Å². The van der Waals surface area contributed by atoms with Crippen molar-refractivity contribution in [3.63, 3.8) is 0 Å². The molecule has 0 atom stereocenters. The predicted molar refractivity (Wildman–Crippen MR) is 105 cm³/mol. The highest BCUT2D eigenvalue weighted by Gasteiger charge is 2.09. The lowest BCUT2D eigenvalue weighted by atomic mass is 10.1. The van der Waals surface area contributed by atoms with Crippen LogP contribution in [0.2, 0.25) is 0 Å². The minimum absolute atomic E-state index is 0.000869. The van der Waals surface area contributed by atoms with Crippen LogP contribution in [0.25, 0.3) is 0 Å². The van der Waals surface area contributed by atoms with Crippen LogP contribution in [0.15, 0.2) is 42.5 Å². The Balaban J connectivity index is 1.93. The predicted octanol–water partition coefficient (Wildman–Crippen LogP) is 4.56. The number of amides is 1. The van der Waals surface area contributed by atoms with Gasteiger partial charge in [0.2, 0.25) is 0 Å². The second-order valence-electron chi connectivity index (χ2n) is 6.46. The van der Waals surface area contributed by atoms with Crippen LogP contribution in [0.4, 0.5) is 11.4 Å². The quantitative estimate of drug-likeness (QED) is 0.803. The molecule has 4 heteroatoms. The fourth-order valence-corrected chi connectivity index (χ4v) is 2.80. The third kappa shape index (κ3) is 4.99. The molecule has 2 rings (SSSR count). The Labute approximate surface area is 150 Å². The normalized spacial score (nSPS) is 10.6. The number of benzene rings is 2. The minimum atomic E-state index is -0.162. The maximum Gasteiger partial charge on any atom is 0.262 e. The average molecular weight is 340 g/mol. The molecular weight excluding hydrogens is 312 g/mol. The van der Waals surface area contributed by atoms with Crippen LogP contribution in [-0.2, 0) is 4.79 Å². The Hall–Kier alpha value is -2.49. The molecule has 0 heterocycles. The molecule has 0 spiro atoms. The van der Waals surface area contributed by atoms with Gasteiger partial charge in [-0.05, 0) is 76.1 Å². The largest absolute Gasteiger partial charge is 0.483 e. The van der Waals surface area contributed by atoms with Crippen molar-refractivity contribution in [3.05, 3.63) is 53.6 Å². The maximum absolute atomic E-state index is 12.1. The summed E-state index contributed by atoms with van der Waals surface area (Å²) in [7, 11) is 0. The monoisotopic (exact) mass is 340 g/mol. The van der Waals surface area contributed by atoms with Crippen molar-refractivity contribution in [2.75, 3.05) is 23.4 Å². The van der Waals surface area contributed by atoms with Crippen LogP contribution in [0.1, 0.15) is 31.9 Å². The molecule has 1 amide bonds. The number of carbonyl (C=O) groups is 1. The summed E-state index contributed by atoms with van der Waals surface area (Å²) in [5.74, 6) is 0.589. The van der Waals surface area contributed by atoms with Gasteiger partial charge in [0.1, 0.15) is 5.75 Å². The Bertz CT molecular complexity index is 708. The number of rotatable bonds is 7. The van der Waals surface area contributed by atoms with Crippen LogP contribution < -0.4 is 15.0 Å². The molecule has 2 aromatic carbocycles. The van der Waals surface area contributed by atoms with Crippen molar-refractivity contribution in [1.82, 2.24) is 0 Å². The summed E-state index contributed by atoms with van der Waals surface area (Å²) in [6, 6.07) is 14.2. The molecule has 4 nitrogen and oxygen atoms in total. The van der Waals surface area contributed by atoms with Gasteiger partial charge in [-0.3, -0.25) is 4.79 Å². The van der Waals surface area contributed by atoms with Gasteiger partial charge in [0.15, 0.2) is 6.61 Å². The first-order valence-electron chi connectivity index (χ1n) is 8.78. The molecule has 0 aliphatic carbocycles. The van der Waals surface area contributed by atoms with Crippen molar-refractivity contribution in [3.8, 4) is 5.75 Å². The highest BCUT2D eigenvalue weighted by atomic mass is 16.5. The molecule has 0 fully saturated rings. The molecule has 0 saturated heterocycles. The summed E-state index contributed by atoms with van der Waals surface area (Å²) >= 11 is 0. The smallest absolute Gasteiger partial charge is 0.262 e. The molecule has 2 aromatic rings. The zero-order chi connectivity index (χ0) is 18.4. The van der Waals surface area contributed by atoms with Crippen molar-refractivity contribution in [1.29, 1.82) is 0 Å². The van der Waals surface area contributed by atoms with Crippen molar-refractivity contribution >= 4 is 17.3 Å². The van der Waals surface area contributed by atoms with Gasteiger partial charge in [-0.1, -0.05) is 12.1 Å². The van der Waals surface area contributed by atoms with Crippen LogP contribution >= 0.6 is 0 Å². The van der Waals surface area contributed by atoms with E-state index in [1.54, 1.807) is 0 Å². The van der Waals surface area contributed by atoms with E-state index in [1.807, 2.05) is 56.3 Å². The molecule has 1 N–H and O–H groups in total. The fraction of sp³-hybridized carbons (Fsp3) is 0.381. The van der Waals surface area contributed by atoms with Gasteiger partial charge in [0.25, 0.3) is 5.91 Å². The molecule has 0 aromatic heterocycles. The highest BCUT2D eigenvalue weighted by molar-refractivity contribution is 5.92. The second-order valence-corrected chi connectivity index (χ2v) is 6.46. The van der Waals surface area contributed by atoms with E-state index in [-0.39, 0.29) is 12.5 Å². The summed E-state index contributed by atoms with van der Waals surface area (Å²) < 4.78 is 5.64. The Morgan fingerprint density at radius 3 is 2.40 bits per heavy atom. The Kier molecular flexibility index (Phi) is 6.45. The summed E-state index contributed by atoms with van der Waals surface area (Å²) in [5, 5.41) is 2.88. The zero-order valence-corrected chi connectivity index (χ0v) is 15.8. The minimum Gasteiger partial charge on any atom is -0.483 e. The number of carbonyl (C=O) groups excluding carboxylic acids is 1. The van der Waals surface area contributed by atoms with Gasteiger partial charge >= 0.3 is 0 Å². The van der Waals surface area contributed by atoms with Gasteiger partial charge in [-0.25, -0.2) is 0 Å². The van der Waals surface area contributed by atoms with E-state index < -0.39 is 0 Å². The van der Waals surface area contributed by atoms with E-state index in [0.717, 1.165) is 34.8 Å². The lowest BCUT2D eigenvalue weighted by Crippen LogP contribution is -2.30. The lowest BCUT2D eigenvalue weighted by molar-refractivity contribution is -0.118. The van der Waals surface area contributed by atoms with E-state index in [9.17, 15) is 4.79 Å². The third-order valence-electron chi connectivity index (χ3n) is 4.36. The molecule has 0 saturated carbocycles. The van der Waals surface area contributed by atoms with E-state index in [1.165, 1.54) is 0 Å². The van der Waals surface area contributed by atoms with Gasteiger partial charge in [-0.15, -0.1) is 0 Å². The van der Waals surface area contributed by atoms with Crippen LogP contribution in [0.3, 0.4) is 0 Å². The number of anilines is 2. The molecule has 0 radical (unpaired) electrons. The van der Waals surface area contributed by atoms with Gasteiger partial charge in [0.05, 0.1) is 0 Å². The maximum atomic E-state index is 12.1. The number of nitrogens with one attached hydrogen (secondary N) is 1. The summed E-state index contributed by atoms with van der Waals surface area (Å²) in [5.41, 5.74) is 4.15. The van der Waals surface area contributed by atoms with Crippen LogP contribution in [0, 0.1) is 13.8 Å². The van der Waals surface area contributed by atoms with Gasteiger partial charge < -0.3 is 15.0 Å². The SMILES string of the molecule is CCN(c1ccc(NC(=O)COc2cccc(C)c2C)cc1)C(C)C.